The van der Waals surface area contributed by atoms with Crippen LogP contribution in [0, 0.1) is 0 Å². The van der Waals surface area contributed by atoms with Crippen molar-refractivity contribution >= 4 is 55.8 Å². The Bertz CT molecular complexity index is 1290. The molecule has 2 amide bonds. The molecular formula is C25H32N4O7S3. The minimum Gasteiger partial charge on any atom is -0.444 e. The van der Waals surface area contributed by atoms with Gasteiger partial charge in [-0.15, -0.1) is 11.8 Å². The van der Waals surface area contributed by atoms with Crippen LogP contribution in [0.5, 0.6) is 0 Å². The molecule has 1 saturated carbocycles. The lowest BCUT2D eigenvalue weighted by Crippen LogP contribution is -2.33. The topological polar surface area (TPSA) is 145 Å². The first-order chi connectivity index (χ1) is 18.5. The van der Waals surface area contributed by atoms with Crippen molar-refractivity contribution in [3.63, 3.8) is 0 Å². The molecule has 2 aliphatic rings. The van der Waals surface area contributed by atoms with E-state index in [1.807, 2.05) is 0 Å². The van der Waals surface area contributed by atoms with Crippen LogP contribution in [0.2, 0.25) is 0 Å². The van der Waals surface area contributed by atoms with Crippen molar-refractivity contribution in [2.24, 2.45) is 5.16 Å². The van der Waals surface area contributed by atoms with Gasteiger partial charge in [0.25, 0.3) is 5.91 Å². The van der Waals surface area contributed by atoms with Crippen molar-refractivity contribution in [1.82, 2.24) is 10.3 Å². The molecule has 0 unspecified atom stereocenters. The molecule has 1 saturated heterocycles. The van der Waals surface area contributed by atoms with Crippen LogP contribution in [0.25, 0.3) is 0 Å². The maximum atomic E-state index is 13.2. The molecule has 0 spiro atoms. The number of thioether (sulfide) groups is 1. The summed E-state index contributed by atoms with van der Waals surface area (Å²) in [6, 6.07) is 6.10. The normalized spacial score (nSPS) is 18.0. The van der Waals surface area contributed by atoms with Crippen molar-refractivity contribution in [3.05, 3.63) is 36.0 Å². The monoisotopic (exact) mass is 596 g/mol. The first-order valence-corrected chi connectivity index (χ1v) is 15.9. The van der Waals surface area contributed by atoms with E-state index in [4.69, 9.17) is 14.3 Å². The Morgan fingerprint density at radius 2 is 1.95 bits per heavy atom. The molecule has 1 aromatic heterocycles. The second-order valence-electron chi connectivity index (χ2n) is 10.0. The molecular weight excluding hydrogens is 564 g/mol. The summed E-state index contributed by atoms with van der Waals surface area (Å²) in [7, 11) is -3.35. The average molecular weight is 597 g/mol. The Morgan fingerprint density at radius 1 is 1.21 bits per heavy atom. The summed E-state index contributed by atoms with van der Waals surface area (Å²) < 4.78 is 36.5. The predicted octanol–water partition coefficient (Wildman–Crippen LogP) is 3.84. The van der Waals surface area contributed by atoms with Crippen molar-refractivity contribution in [3.8, 4) is 0 Å². The van der Waals surface area contributed by atoms with Crippen molar-refractivity contribution < 1.29 is 32.3 Å². The molecule has 2 N–H and O–H groups in total. The molecule has 2 aromatic rings. The number of carbonyl (C=O) groups excluding carboxylic acids is 2. The summed E-state index contributed by atoms with van der Waals surface area (Å²) in [5, 5.41) is 9.61. The third-order valence-electron chi connectivity index (χ3n) is 5.54. The van der Waals surface area contributed by atoms with E-state index < -0.39 is 27.4 Å². The number of oxime groups is 1. The van der Waals surface area contributed by atoms with Gasteiger partial charge in [0, 0.05) is 24.3 Å². The molecule has 1 aliphatic carbocycles. The van der Waals surface area contributed by atoms with Gasteiger partial charge in [0.05, 0.1) is 33.8 Å². The smallest absolute Gasteiger partial charge is 0.407 e. The Hall–Kier alpha value is -2.68. The number of hydrogen-bond donors (Lipinski definition) is 2. The molecule has 212 valence electrons. The molecule has 1 atom stereocenters. The highest BCUT2D eigenvalue weighted by Crippen LogP contribution is 2.33. The second-order valence-corrected chi connectivity index (χ2v) is 14.7. The van der Waals surface area contributed by atoms with Crippen molar-refractivity contribution in [2.75, 3.05) is 30.8 Å². The van der Waals surface area contributed by atoms with E-state index in [9.17, 15) is 18.0 Å². The fourth-order valence-corrected chi connectivity index (χ4v) is 6.94. The molecule has 2 heterocycles. The Labute approximate surface area is 236 Å². The molecule has 11 nitrogen and oxygen atoms in total. The number of benzene rings is 1. The van der Waals surface area contributed by atoms with Crippen LogP contribution < -0.4 is 10.6 Å². The second kappa shape index (κ2) is 12.7. The molecule has 1 aromatic carbocycles. The van der Waals surface area contributed by atoms with E-state index in [0.29, 0.717) is 55.5 Å². The maximum absolute atomic E-state index is 13.2. The van der Waals surface area contributed by atoms with Crippen molar-refractivity contribution in [1.29, 1.82) is 0 Å². The van der Waals surface area contributed by atoms with Crippen LogP contribution in [-0.2, 0) is 28.9 Å². The number of anilines is 1. The molecule has 0 bridgehead atoms. The zero-order chi connectivity index (χ0) is 28.0. The molecule has 1 aliphatic heterocycles. The number of hydrogen-bond acceptors (Lipinski definition) is 11. The van der Waals surface area contributed by atoms with Gasteiger partial charge >= 0.3 is 6.09 Å². The summed E-state index contributed by atoms with van der Waals surface area (Å²) in [5.41, 5.74) is -0.139. The van der Waals surface area contributed by atoms with Crippen LogP contribution in [0.4, 0.5) is 9.93 Å². The highest BCUT2D eigenvalue weighted by atomic mass is 32.2. The van der Waals surface area contributed by atoms with Gasteiger partial charge in [-0.2, -0.15) is 0 Å². The number of ether oxygens (including phenoxy) is 2. The van der Waals surface area contributed by atoms with Gasteiger partial charge in [-0.1, -0.05) is 28.6 Å². The number of sulfone groups is 1. The van der Waals surface area contributed by atoms with Gasteiger partial charge in [0.1, 0.15) is 5.60 Å². The lowest BCUT2D eigenvalue weighted by atomic mass is 10.1. The fraction of sp³-hybridized carbons (Fsp3) is 0.520. The Morgan fingerprint density at radius 3 is 2.59 bits per heavy atom. The van der Waals surface area contributed by atoms with Crippen LogP contribution in [0.3, 0.4) is 0 Å². The zero-order valence-corrected chi connectivity index (χ0v) is 24.4. The fourth-order valence-electron chi connectivity index (χ4n) is 3.48. The van der Waals surface area contributed by atoms with Crippen molar-refractivity contribution in [2.45, 2.75) is 66.1 Å². The van der Waals surface area contributed by atoms with E-state index in [1.54, 1.807) is 39.1 Å². The van der Waals surface area contributed by atoms with Gasteiger partial charge in [-0.25, -0.2) is 18.2 Å². The molecule has 14 heteroatoms. The minimum atomic E-state index is -3.35. The van der Waals surface area contributed by atoms with Gasteiger partial charge in [-0.3, -0.25) is 10.1 Å². The number of carbonyl (C=O) groups is 2. The van der Waals surface area contributed by atoms with Gasteiger partial charge < -0.3 is 19.6 Å². The van der Waals surface area contributed by atoms with Crippen LogP contribution in [0.1, 0.15) is 45.6 Å². The Balaban J connectivity index is 1.38. The summed E-state index contributed by atoms with van der Waals surface area (Å²) in [6.07, 6.45) is 2.90. The van der Waals surface area contributed by atoms with E-state index in [1.165, 1.54) is 35.2 Å². The maximum Gasteiger partial charge on any atom is 0.407 e. The lowest BCUT2D eigenvalue weighted by molar-refractivity contribution is -0.110. The third kappa shape index (κ3) is 8.65. The number of rotatable bonds is 11. The molecule has 2 fully saturated rings. The van der Waals surface area contributed by atoms with Crippen LogP contribution >= 0.6 is 23.1 Å². The Kier molecular flexibility index (Phi) is 9.51. The van der Waals surface area contributed by atoms with Crippen LogP contribution in [-0.4, -0.2) is 73.6 Å². The average Bonchev–Trinajstić information content (AvgIpc) is 3.45. The number of alkyl carbamates (subject to hydrolysis) is 1. The zero-order valence-electron chi connectivity index (χ0n) is 22.0. The largest absolute Gasteiger partial charge is 0.444 e. The van der Waals surface area contributed by atoms with Gasteiger partial charge in [-0.05, 0) is 45.7 Å². The summed E-state index contributed by atoms with van der Waals surface area (Å²) >= 11 is 2.76. The van der Waals surface area contributed by atoms with Crippen LogP contribution in [0.15, 0.2) is 44.7 Å². The molecule has 0 radical (unpaired) electrons. The lowest BCUT2D eigenvalue weighted by Gasteiger charge is -2.19. The van der Waals surface area contributed by atoms with Gasteiger partial charge in [0.15, 0.2) is 26.8 Å². The number of nitrogens with one attached hydrogen (secondary N) is 2. The molecule has 39 heavy (non-hydrogen) atoms. The first-order valence-electron chi connectivity index (χ1n) is 12.5. The number of nitrogens with zero attached hydrogens (tertiary/aromatic N) is 2. The predicted molar refractivity (Wildman–Crippen MR) is 149 cm³/mol. The number of amides is 2. The van der Waals surface area contributed by atoms with Gasteiger partial charge in [0.2, 0.25) is 0 Å². The highest BCUT2D eigenvalue weighted by Gasteiger charge is 2.36. The summed E-state index contributed by atoms with van der Waals surface area (Å²) in [5.74, 6) is 0.0544. The van der Waals surface area contributed by atoms with E-state index in [0.717, 1.165) is 4.21 Å². The number of aromatic nitrogens is 1. The SMILES string of the molecule is CC(C)(C)OC(=O)NCCSc1cnc(NC(=O)/C(=N/O[C@@H]2CCOC2)c2ccc(S(=O)(=O)C3CC3)cc2)s1. The first kappa shape index (κ1) is 29.3. The van der Waals surface area contributed by atoms with E-state index >= 15 is 0 Å². The highest BCUT2D eigenvalue weighted by molar-refractivity contribution is 8.01. The number of thiazole rings is 1. The third-order valence-corrected chi connectivity index (χ3v) is 9.92. The summed E-state index contributed by atoms with van der Waals surface area (Å²) in [4.78, 5) is 35.0. The van der Waals surface area contributed by atoms with E-state index in [-0.39, 0.29) is 22.0 Å². The molecule has 4 rings (SSSR count). The minimum absolute atomic E-state index is 0.00299. The standard InChI is InChI=1S/C25H32N4O7S3/c1-25(2,3)35-24(31)26-11-13-37-20-14-27-23(38-20)28-22(30)21(29-36-17-10-12-34-15-17)16-4-6-18(7-5-16)39(32,33)19-8-9-19/h4-7,14,17,19H,8-13,15H2,1-3H3,(H,26,31)(H,27,28,30)/b29-21+/t17-/m1/s1. The quantitative estimate of drug-likeness (QED) is 0.171. The van der Waals surface area contributed by atoms with E-state index in [2.05, 4.69) is 20.8 Å². The summed E-state index contributed by atoms with van der Waals surface area (Å²) in [6.45, 7) is 6.75.